The first-order valence-corrected chi connectivity index (χ1v) is 7.77. The molecule has 2 N–H and O–H groups in total. The maximum atomic E-state index is 12.2. The summed E-state index contributed by atoms with van der Waals surface area (Å²) in [5.41, 5.74) is 0.469. The minimum atomic E-state index is 0.234. The van der Waals surface area contributed by atoms with Gasteiger partial charge in [-0.05, 0) is 48.6 Å². The molecule has 0 radical (unpaired) electrons. The zero-order valence-electron chi connectivity index (χ0n) is 13.2. The summed E-state index contributed by atoms with van der Waals surface area (Å²) >= 11 is 0. The highest BCUT2D eigenvalue weighted by atomic mass is 16.1. The Hall–Kier alpha value is -0.570. The van der Waals surface area contributed by atoms with Crippen LogP contribution < -0.4 is 10.6 Å². The van der Waals surface area contributed by atoms with Gasteiger partial charge in [-0.15, -0.1) is 0 Å². The van der Waals surface area contributed by atoms with Crippen molar-refractivity contribution < 1.29 is 4.79 Å². The maximum absolute atomic E-state index is 12.2. The standard InChI is InChI=1S/C16H30N2O/c1-11(12-7-6-8-17-10-12)9-13(19)18-14-15(2,3)16(14,4)5/h11-12,14,17H,6-10H2,1-5H3,(H,18,19). The van der Waals surface area contributed by atoms with Crippen LogP contribution in [0.5, 0.6) is 0 Å². The van der Waals surface area contributed by atoms with E-state index in [1.54, 1.807) is 0 Å². The lowest BCUT2D eigenvalue weighted by molar-refractivity contribution is -0.122. The fraction of sp³-hybridized carbons (Fsp3) is 0.938. The van der Waals surface area contributed by atoms with E-state index in [0.717, 1.165) is 13.1 Å². The van der Waals surface area contributed by atoms with Crippen molar-refractivity contribution in [1.82, 2.24) is 10.6 Å². The maximum Gasteiger partial charge on any atom is 0.220 e. The van der Waals surface area contributed by atoms with Gasteiger partial charge >= 0.3 is 0 Å². The minimum Gasteiger partial charge on any atom is -0.352 e. The number of carbonyl (C=O) groups is 1. The summed E-state index contributed by atoms with van der Waals surface area (Å²) in [4.78, 5) is 12.2. The van der Waals surface area contributed by atoms with Crippen molar-refractivity contribution in [3.8, 4) is 0 Å². The van der Waals surface area contributed by atoms with E-state index in [9.17, 15) is 4.79 Å². The normalized spacial score (nSPS) is 30.7. The van der Waals surface area contributed by atoms with E-state index >= 15 is 0 Å². The Bertz CT molecular complexity index is 329. The van der Waals surface area contributed by atoms with E-state index in [2.05, 4.69) is 45.3 Å². The summed E-state index contributed by atoms with van der Waals surface area (Å²) in [7, 11) is 0. The topological polar surface area (TPSA) is 41.1 Å². The fourth-order valence-electron chi connectivity index (χ4n) is 3.60. The van der Waals surface area contributed by atoms with E-state index in [1.165, 1.54) is 12.8 Å². The Balaban J connectivity index is 1.79. The molecule has 0 spiro atoms. The number of hydrogen-bond acceptors (Lipinski definition) is 2. The Morgan fingerprint density at radius 2 is 1.95 bits per heavy atom. The molecule has 0 aromatic carbocycles. The SMILES string of the molecule is CC(CC(=O)NC1C(C)(C)C1(C)C)C1CCCNC1. The molecule has 1 aliphatic heterocycles. The van der Waals surface area contributed by atoms with E-state index in [4.69, 9.17) is 0 Å². The molecule has 1 amide bonds. The Kier molecular flexibility index (Phi) is 3.97. The van der Waals surface area contributed by atoms with Crippen LogP contribution in [-0.2, 0) is 4.79 Å². The van der Waals surface area contributed by atoms with E-state index < -0.39 is 0 Å². The Morgan fingerprint density at radius 3 is 2.42 bits per heavy atom. The molecule has 110 valence electrons. The largest absolute Gasteiger partial charge is 0.352 e. The molecule has 1 aliphatic carbocycles. The highest BCUT2D eigenvalue weighted by molar-refractivity contribution is 5.77. The highest BCUT2D eigenvalue weighted by Gasteiger charge is 2.65. The first-order chi connectivity index (χ1) is 8.76. The molecule has 3 nitrogen and oxygen atoms in total. The van der Waals surface area contributed by atoms with Gasteiger partial charge in [-0.25, -0.2) is 0 Å². The molecule has 1 heterocycles. The van der Waals surface area contributed by atoms with Crippen LogP contribution in [0.3, 0.4) is 0 Å². The van der Waals surface area contributed by atoms with Gasteiger partial charge < -0.3 is 10.6 Å². The molecule has 1 saturated carbocycles. The average molecular weight is 266 g/mol. The minimum absolute atomic E-state index is 0.234. The molecule has 2 atom stereocenters. The lowest BCUT2D eigenvalue weighted by Crippen LogP contribution is -2.36. The van der Waals surface area contributed by atoms with Gasteiger partial charge in [-0.3, -0.25) is 4.79 Å². The van der Waals surface area contributed by atoms with Crippen LogP contribution in [0, 0.1) is 22.7 Å². The summed E-state index contributed by atoms with van der Waals surface area (Å²) in [6.07, 6.45) is 3.19. The van der Waals surface area contributed by atoms with Crippen molar-refractivity contribution >= 4 is 5.91 Å². The molecule has 2 unspecified atom stereocenters. The Morgan fingerprint density at radius 1 is 1.32 bits per heavy atom. The van der Waals surface area contributed by atoms with Crippen molar-refractivity contribution in [2.75, 3.05) is 13.1 Å². The second-order valence-electron chi connectivity index (χ2n) is 7.73. The number of piperidine rings is 1. The van der Waals surface area contributed by atoms with Crippen molar-refractivity contribution in [2.24, 2.45) is 22.7 Å². The molecule has 0 bridgehead atoms. The van der Waals surface area contributed by atoms with Gasteiger partial charge in [0.1, 0.15) is 0 Å². The first kappa shape index (κ1) is 14.8. The van der Waals surface area contributed by atoms with Crippen LogP contribution in [0.4, 0.5) is 0 Å². The Labute approximate surface area is 117 Å². The predicted molar refractivity (Wildman–Crippen MR) is 78.9 cm³/mol. The van der Waals surface area contributed by atoms with Crippen LogP contribution in [0.1, 0.15) is 53.9 Å². The first-order valence-electron chi connectivity index (χ1n) is 7.77. The highest BCUT2D eigenvalue weighted by Crippen LogP contribution is 2.62. The molecule has 2 fully saturated rings. The molecular weight excluding hydrogens is 236 g/mol. The molecule has 0 aromatic heterocycles. The molecule has 2 rings (SSSR count). The van der Waals surface area contributed by atoms with Crippen molar-refractivity contribution in [3.63, 3.8) is 0 Å². The van der Waals surface area contributed by atoms with Crippen LogP contribution >= 0.6 is 0 Å². The number of hydrogen-bond donors (Lipinski definition) is 2. The fourth-order valence-corrected chi connectivity index (χ4v) is 3.60. The lowest BCUT2D eigenvalue weighted by atomic mass is 9.85. The summed E-state index contributed by atoms with van der Waals surface area (Å²) in [6.45, 7) is 13.4. The van der Waals surface area contributed by atoms with Gasteiger partial charge in [-0.1, -0.05) is 34.6 Å². The summed E-state index contributed by atoms with van der Waals surface area (Å²) in [5, 5.41) is 6.68. The lowest BCUT2D eigenvalue weighted by Gasteiger charge is -2.28. The van der Waals surface area contributed by atoms with Gasteiger partial charge in [0.2, 0.25) is 5.91 Å². The zero-order valence-corrected chi connectivity index (χ0v) is 13.2. The van der Waals surface area contributed by atoms with Crippen LogP contribution in [-0.4, -0.2) is 25.0 Å². The van der Waals surface area contributed by atoms with Gasteiger partial charge in [0, 0.05) is 12.5 Å². The van der Waals surface area contributed by atoms with E-state index in [1.807, 2.05) is 0 Å². The van der Waals surface area contributed by atoms with Crippen LogP contribution in [0.25, 0.3) is 0 Å². The van der Waals surface area contributed by atoms with Gasteiger partial charge in [-0.2, -0.15) is 0 Å². The zero-order chi connectivity index (χ0) is 14.3. The third-order valence-electron chi connectivity index (χ3n) is 5.97. The smallest absolute Gasteiger partial charge is 0.220 e. The summed E-state index contributed by atoms with van der Waals surface area (Å²) < 4.78 is 0. The molecule has 1 saturated heterocycles. The van der Waals surface area contributed by atoms with Gasteiger partial charge in [0.15, 0.2) is 0 Å². The van der Waals surface area contributed by atoms with Crippen molar-refractivity contribution in [2.45, 2.75) is 59.9 Å². The number of amides is 1. The molecular formula is C16H30N2O. The van der Waals surface area contributed by atoms with Crippen molar-refractivity contribution in [1.29, 1.82) is 0 Å². The number of carbonyl (C=O) groups excluding carboxylic acids is 1. The summed E-state index contributed by atoms with van der Waals surface area (Å²) in [6, 6.07) is 0.337. The van der Waals surface area contributed by atoms with Crippen LogP contribution in [0.15, 0.2) is 0 Å². The molecule has 0 aromatic rings. The average Bonchev–Trinajstić information content (AvgIpc) is 2.73. The molecule has 2 aliphatic rings. The second kappa shape index (κ2) is 5.08. The van der Waals surface area contributed by atoms with E-state index in [0.29, 0.717) is 24.3 Å². The third-order valence-corrected chi connectivity index (χ3v) is 5.97. The van der Waals surface area contributed by atoms with E-state index in [-0.39, 0.29) is 16.7 Å². The molecule has 19 heavy (non-hydrogen) atoms. The number of nitrogens with one attached hydrogen (secondary N) is 2. The van der Waals surface area contributed by atoms with Gasteiger partial charge in [0.25, 0.3) is 0 Å². The second-order valence-corrected chi connectivity index (χ2v) is 7.73. The third kappa shape index (κ3) is 2.81. The van der Waals surface area contributed by atoms with Crippen LogP contribution in [0.2, 0.25) is 0 Å². The quantitative estimate of drug-likeness (QED) is 0.821. The van der Waals surface area contributed by atoms with Crippen molar-refractivity contribution in [3.05, 3.63) is 0 Å². The predicted octanol–water partition coefficient (Wildman–Crippen LogP) is 2.56. The molecule has 3 heteroatoms. The monoisotopic (exact) mass is 266 g/mol. The summed E-state index contributed by atoms with van der Waals surface area (Å²) in [5.74, 6) is 1.39. The van der Waals surface area contributed by atoms with Gasteiger partial charge in [0.05, 0.1) is 0 Å². The number of rotatable bonds is 4.